The maximum atomic E-state index is 12.7. The van der Waals surface area contributed by atoms with Gasteiger partial charge in [-0.15, -0.1) is 11.3 Å². The molecule has 0 spiro atoms. The van der Waals surface area contributed by atoms with Crippen molar-refractivity contribution in [3.8, 4) is 11.1 Å². The van der Waals surface area contributed by atoms with Crippen LogP contribution in [0.1, 0.15) is 29.9 Å². The van der Waals surface area contributed by atoms with Gasteiger partial charge in [0.15, 0.2) is 0 Å². The van der Waals surface area contributed by atoms with E-state index in [4.69, 9.17) is 7.85 Å². The van der Waals surface area contributed by atoms with E-state index in [9.17, 15) is 9.59 Å². The SMILES string of the molecule is [B]c1c(C)cc(C)cc1-c1ccnc2cc(CN3C(=O)C4C(C3=O)C4(C)C)sc12. The largest absolute Gasteiger partial charge is 0.277 e. The van der Waals surface area contributed by atoms with Crippen LogP contribution < -0.4 is 5.46 Å². The Morgan fingerprint density at radius 1 is 1.10 bits per heavy atom. The van der Waals surface area contributed by atoms with Gasteiger partial charge in [-0.1, -0.05) is 42.6 Å². The summed E-state index contributed by atoms with van der Waals surface area (Å²) < 4.78 is 1.03. The number of piperidine rings is 1. The van der Waals surface area contributed by atoms with E-state index in [2.05, 4.69) is 24.0 Å². The molecule has 2 aromatic heterocycles. The summed E-state index contributed by atoms with van der Waals surface area (Å²) in [6.07, 6.45) is 1.79. The fraction of sp³-hybridized carbons (Fsp3) is 0.348. The highest BCUT2D eigenvalue weighted by Gasteiger charge is 2.72. The number of carbonyl (C=O) groups excluding carboxylic acids is 2. The third-order valence-corrected chi connectivity index (χ3v) is 7.63. The first kappa shape index (κ1) is 18.6. The number of fused-ring (bicyclic) bond motifs is 2. The van der Waals surface area contributed by atoms with E-state index in [1.807, 2.05) is 32.9 Å². The van der Waals surface area contributed by atoms with Crippen LogP contribution in [0.5, 0.6) is 0 Å². The summed E-state index contributed by atoms with van der Waals surface area (Å²) in [5, 5.41) is 0. The smallest absolute Gasteiger partial charge is 0.234 e. The molecule has 2 aliphatic rings. The molecule has 29 heavy (non-hydrogen) atoms. The highest BCUT2D eigenvalue weighted by molar-refractivity contribution is 7.19. The second-order valence-corrected chi connectivity index (χ2v) is 10.0. The molecule has 4 nitrogen and oxygen atoms in total. The number of hydrogen-bond donors (Lipinski definition) is 0. The highest BCUT2D eigenvalue weighted by Crippen LogP contribution is 2.63. The minimum absolute atomic E-state index is 0.0332. The number of imide groups is 1. The number of nitrogens with zero attached hydrogens (tertiary/aromatic N) is 2. The number of benzene rings is 1. The lowest BCUT2D eigenvalue weighted by molar-refractivity contribution is -0.143. The fourth-order valence-corrected chi connectivity index (χ4v) is 5.93. The minimum atomic E-state index is -0.180. The number of likely N-dealkylation sites (tertiary alicyclic amines) is 1. The van der Waals surface area contributed by atoms with Crippen molar-refractivity contribution in [1.82, 2.24) is 9.88 Å². The molecule has 6 heteroatoms. The third kappa shape index (κ3) is 2.62. The lowest BCUT2D eigenvalue weighted by Gasteiger charge is -2.19. The van der Waals surface area contributed by atoms with Gasteiger partial charge in [0.2, 0.25) is 11.8 Å². The lowest BCUT2D eigenvalue weighted by atomic mass is 9.82. The quantitative estimate of drug-likeness (QED) is 0.500. The average Bonchev–Trinajstić information content (AvgIpc) is 2.93. The standard InChI is InChI=1S/C23H21BN2O2S/c1-11-7-12(2)19(24)15(8-11)14-5-6-25-16-9-13(29-20(14)16)10-26-21(27)17-18(22(26)28)23(17,3)4/h5-9,17-18H,10H2,1-4H3. The molecule has 144 valence electrons. The molecule has 3 aromatic rings. The maximum Gasteiger partial charge on any atom is 0.234 e. The Hall–Kier alpha value is -2.47. The number of aromatic nitrogens is 1. The monoisotopic (exact) mass is 400 g/mol. The van der Waals surface area contributed by atoms with Crippen molar-refractivity contribution in [2.24, 2.45) is 17.3 Å². The summed E-state index contributed by atoms with van der Waals surface area (Å²) in [5.41, 5.74) is 5.70. The number of thiophene rings is 1. The predicted molar refractivity (Wildman–Crippen MR) is 116 cm³/mol. The molecule has 0 N–H and O–H groups in total. The number of aryl methyl sites for hydroxylation is 2. The van der Waals surface area contributed by atoms with Gasteiger partial charge in [0.25, 0.3) is 0 Å². The Morgan fingerprint density at radius 2 is 1.79 bits per heavy atom. The number of hydrogen-bond acceptors (Lipinski definition) is 4. The second kappa shape index (κ2) is 6.02. The van der Waals surface area contributed by atoms with E-state index in [0.717, 1.165) is 42.8 Å². The molecule has 2 amide bonds. The molecule has 1 aliphatic heterocycles. The molecule has 0 bridgehead atoms. The Morgan fingerprint density at radius 3 is 2.48 bits per heavy atom. The zero-order valence-corrected chi connectivity index (χ0v) is 17.8. The molecule has 1 aromatic carbocycles. The number of carbonyl (C=O) groups is 2. The summed E-state index contributed by atoms with van der Waals surface area (Å²) in [6, 6.07) is 8.14. The Balaban J connectivity index is 1.52. The van der Waals surface area contributed by atoms with Crippen molar-refractivity contribution in [3.63, 3.8) is 0 Å². The van der Waals surface area contributed by atoms with Gasteiger partial charge in [-0.3, -0.25) is 19.5 Å². The van der Waals surface area contributed by atoms with Crippen LogP contribution >= 0.6 is 11.3 Å². The fourth-order valence-electron chi connectivity index (χ4n) is 4.79. The van der Waals surface area contributed by atoms with Crippen LogP contribution in [-0.4, -0.2) is 29.5 Å². The first-order valence-corrected chi connectivity index (χ1v) is 10.6. The van der Waals surface area contributed by atoms with Crippen molar-refractivity contribution >= 4 is 46.7 Å². The van der Waals surface area contributed by atoms with Crippen molar-refractivity contribution in [2.45, 2.75) is 34.2 Å². The van der Waals surface area contributed by atoms with Gasteiger partial charge >= 0.3 is 0 Å². The molecule has 5 rings (SSSR count). The molecular weight excluding hydrogens is 379 g/mol. The maximum absolute atomic E-state index is 12.7. The molecule has 1 saturated carbocycles. The first-order chi connectivity index (χ1) is 13.7. The van der Waals surface area contributed by atoms with E-state index in [1.165, 1.54) is 4.90 Å². The topological polar surface area (TPSA) is 50.3 Å². The zero-order valence-electron chi connectivity index (χ0n) is 16.9. The normalized spacial score (nSPS) is 22.4. The van der Waals surface area contributed by atoms with Crippen LogP contribution in [0.2, 0.25) is 0 Å². The summed E-state index contributed by atoms with van der Waals surface area (Å²) in [5.74, 6) is -0.357. The van der Waals surface area contributed by atoms with E-state index in [0.29, 0.717) is 6.54 Å². The third-order valence-electron chi connectivity index (χ3n) is 6.49. The van der Waals surface area contributed by atoms with Crippen LogP contribution in [-0.2, 0) is 16.1 Å². The van der Waals surface area contributed by atoms with Gasteiger partial charge in [-0.25, -0.2) is 0 Å². The van der Waals surface area contributed by atoms with Crippen LogP contribution in [0, 0.1) is 31.1 Å². The van der Waals surface area contributed by atoms with E-state index in [-0.39, 0.29) is 29.1 Å². The lowest BCUT2D eigenvalue weighted by Crippen LogP contribution is -2.35. The first-order valence-electron chi connectivity index (χ1n) is 9.80. The van der Waals surface area contributed by atoms with Crippen LogP contribution in [0.4, 0.5) is 0 Å². The minimum Gasteiger partial charge on any atom is -0.277 e. The van der Waals surface area contributed by atoms with Crippen LogP contribution in [0.25, 0.3) is 21.3 Å². The summed E-state index contributed by atoms with van der Waals surface area (Å²) in [7, 11) is 6.38. The number of pyridine rings is 1. The van der Waals surface area contributed by atoms with Crippen molar-refractivity contribution in [1.29, 1.82) is 0 Å². The van der Waals surface area contributed by atoms with E-state index < -0.39 is 0 Å². The van der Waals surface area contributed by atoms with Gasteiger partial charge in [-0.05, 0) is 37.0 Å². The van der Waals surface area contributed by atoms with Crippen molar-refractivity contribution in [2.75, 3.05) is 0 Å². The second-order valence-electron chi connectivity index (χ2n) is 8.87. The molecule has 1 aliphatic carbocycles. The van der Waals surface area contributed by atoms with Gasteiger partial charge < -0.3 is 0 Å². The number of rotatable bonds is 3. The summed E-state index contributed by atoms with van der Waals surface area (Å²) >= 11 is 1.58. The molecule has 2 atom stereocenters. The molecule has 3 heterocycles. The molecule has 1 saturated heterocycles. The highest BCUT2D eigenvalue weighted by atomic mass is 32.1. The van der Waals surface area contributed by atoms with Gasteiger partial charge in [0.05, 0.1) is 28.6 Å². The zero-order chi connectivity index (χ0) is 20.7. The van der Waals surface area contributed by atoms with Crippen LogP contribution in [0.15, 0.2) is 30.5 Å². The van der Waals surface area contributed by atoms with Gasteiger partial charge in [-0.2, -0.15) is 0 Å². The van der Waals surface area contributed by atoms with E-state index >= 15 is 0 Å². The average molecular weight is 400 g/mol. The molecule has 2 fully saturated rings. The van der Waals surface area contributed by atoms with Crippen LogP contribution in [0.3, 0.4) is 0 Å². The van der Waals surface area contributed by atoms with Gasteiger partial charge in [0, 0.05) is 16.6 Å². The Bertz CT molecular complexity index is 1190. The van der Waals surface area contributed by atoms with E-state index in [1.54, 1.807) is 17.5 Å². The molecule has 2 unspecified atom stereocenters. The molecule has 2 radical (unpaired) electrons. The van der Waals surface area contributed by atoms with Gasteiger partial charge in [0.1, 0.15) is 7.85 Å². The number of amides is 2. The molecular formula is C23H21BN2O2S. The summed E-state index contributed by atoms with van der Waals surface area (Å²) in [4.78, 5) is 32.2. The Labute approximate surface area is 175 Å². The summed E-state index contributed by atoms with van der Waals surface area (Å²) in [6.45, 7) is 8.40. The van der Waals surface area contributed by atoms with Crippen molar-refractivity contribution < 1.29 is 9.59 Å². The van der Waals surface area contributed by atoms with Crippen molar-refractivity contribution in [3.05, 3.63) is 46.5 Å². The predicted octanol–water partition coefficient (Wildman–Crippen LogP) is 3.51. The Kier molecular flexibility index (Phi) is 3.85.